The summed E-state index contributed by atoms with van der Waals surface area (Å²) in [6.07, 6.45) is 0. The lowest BCUT2D eigenvalue weighted by molar-refractivity contribution is 0.0721. The predicted molar refractivity (Wildman–Crippen MR) is 66.0 cm³/mol. The number of nitrogens with zero attached hydrogens (tertiary/aromatic N) is 2. The number of nitriles is 1. The highest BCUT2D eigenvalue weighted by atomic mass is 16.5. The van der Waals surface area contributed by atoms with Crippen LogP contribution in [0.1, 0.15) is 22.0 Å². The highest BCUT2D eigenvalue weighted by molar-refractivity contribution is 6.01. The SMILES string of the molecule is COc1cc(OC)c2c(c1)C(=O)N(CCO)C2C#N. The molecule has 1 heterocycles. The van der Waals surface area contributed by atoms with E-state index in [2.05, 4.69) is 6.07 Å². The Morgan fingerprint density at radius 1 is 1.42 bits per heavy atom. The molecular formula is C13H14N2O4. The lowest BCUT2D eigenvalue weighted by Gasteiger charge is -2.19. The summed E-state index contributed by atoms with van der Waals surface area (Å²) in [5, 5.41) is 18.3. The molecule has 0 spiro atoms. The standard InChI is InChI=1S/C13H14N2O4/c1-18-8-5-9-12(11(6-8)19-2)10(7-14)15(3-4-16)13(9)17/h5-6,10,16H,3-4H2,1-2H3. The zero-order chi connectivity index (χ0) is 14.0. The Morgan fingerprint density at radius 3 is 2.68 bits per heavy atom. The van der Waals surface area contributed by atoms with Crippen molar-refractivity contribution in [2.45, 2.75) is 6.04 Å². The first kappa shape index (κ1) is 13.2. The minimum atomic E-state index is -0.740. The van der Waals surface area contributed by atoms with E-state index < -0.39 is 6.04 Å². The third kappa shape index (κ3) is 1.98. The number of amides is 1. The predicted octanol–water partition coefficient (Wildman–Crippen LogP) is 0.717. The molecule has 2 rings (SSSR count). The maximum absolute atomic E-state index is 12.2. The molecule has 6 heteroatoms. The molecule has 1 unspecified atom stereocenters. The van der Waals surface area contributed by atoms with Gasteiger partial charge in [0, 0.05) is 18.2 Å². The average molecular weight is 262 g/mol. The number of aliphatic hydroxyl groups excluding tert-OH is 1. The van der Waals surface area contributed by atoms with Crippen molar-refractivity contribution in [1.82, 2.24) is 4.90 Å². The molecule has 0 radical (unpaired) electrons. The highest BCUT2D eigenvalue weighted by Gasteiger charge is 2.39. The van der Waals surface area contributed by atoms with Gasteiger partial charge in [0.1, 0.15) is 17.5 Å². The quantitative estimate of drug-likeness (QED) is 0.864. The van der Waals surface area contributed by atoms with Crippen molar-refractivity contribution in [3.05, 3.63) is 23.3 Å². The Kier molecular flexibility index (Phi) is 3.58. The lowest BCUT2D eigenvalue weighted by atomic mass is 10.0. The van der Waals surface area contributed by atoms with Crippen LogP contribution >= 0.6 is 0 Å². The fourth-order valence-electron chi connectivity index (χ4n) is 2.25. The largest absolute Gasteiger partial charge is 0.497 e. The first-order valence-corrected chi connectivity index (χ1v) is 5.75. The Hall–Kier alpha value is -2.26. The number of β-amino-alcohol motifs (C(OH)–C–C–N with tert-alkyl or cyclic N) is 1. The van der Waals surface area contributed by atoms with Crippen LogP contribution in [0.15, 0.2) is 12.1 Å². The van der Waals surface area contributed by atoms with E-state index in [0.717, 1.165) is 0 Å². The zero-order valence-corrected chi connectivity index (χ0v) is 10.7. The molecule has 0 bridgehead atoms. The van der Waals surface area contributed by atoms with E-state index in [-0.39, 0.29) is 19.1 Å². The molecule has 1 aliphatic heterocycles. The van der Waals surface area contributed by atoms with Crippen LogP contribution in [0.25, 0.3) is 0 Å². The molecule has 1 aromatic rings. The Bertz CT molecular complexity index is 550. The van der Waals surface area contributed by atoms with E-state index in [9.17, 15) is 10.1 Å². The molecule has 0 fully saturated rings. The van der Waals surface area contributed by atoms with Crippen molar-refractivity contribution < 1.29 is 19.4 Å². The van der Waals surface area contributed by atoms with E-state index in [1.807, 2.05) is 0 Å². The fourth-order valence-corrected chi connectivity index (χ4v) is 2.25. The van der Waals surface area contributed by atoms with Crippen LogP contribution < -0.4 is 9.47 Å². The first-order chi connectivity index (χ1) is 9.17. The number of hydrogen-bond donors (Lipinski definition) is 1. The second-order valence-corrected chi connectivity index (χ2v) is 4.04. The van der Waals surface area contributed by atoms with Crippen LogP contribution in [0.3, 0.4) is 0 Å². The summed E-state index contributed by atoms with van der Waals surface area (Å²) in [5.41, 5.74) is 0.917. The molecule has 1 N–H and O–H groups in total. The number of ether oxygens (including phenoxy) is 2. The van der Waals surface area contributed by atoms with Crippen molar-refractivity contribution in [1.29, 1.82) is 5.26 Å². The van der Waals surface area contributed by atoms with Crippen LogP contribution in [0.2, 0.25) is 0 Å². The molecule has 1 atom stereocenters. The van der Waals surface area contributed by atoms with E-state index in [4.69, 9.17) is 14.6 Å². The van der Waals surface area contributed by atoms with Crippen molar-refractivity contribution >= 4 is 5.91 Å². The van der Waals surface area contributed by atoms with E-state index >= 15 is 0 Å². The summed E-state index contributed by atoms with van der Waals surface area (Å²) in [5.74, 6) is 0.633. The second-order valence-electron chi connectivity index (χ2n) is 4.04. The summed E-state index contributed by atoms with van der Waals surface area (Å²) >= 11 is 0. The maximum Gasteiger partial charge on any atom is 0.255 e. The van der Waals surface area contributed by atoms with E-state index in [0.29, 0.717) is 22.6 Å². The lowest BCUT2D eigenvalue weighted by Crippen LogP contribution is -2.30. The number of carbonyl (C=O) groups excluding carboxylic acids is 1. The van der Waals surface area contributed by atoms with Crippen molar-refractivity contribution in [2.24, 2.45) is 0 Å². The number of hydrogen-bond acceptors (Lipinski definition) is 5. The second kappa shape index (κ2) is 5.16. The highest BCUT2D eigenvalue weighted by Crippen LogP contribution is 2.41. The van der Waals surface area contributed by atoms with E-state index in [1.165, 1.54) is 19.1 Å². The molecule has 0 saturated carbocycles. The molecule has 19 heavy (non-hydrogen) atoms. The number of aliphatic hydroxyl groups is 1. The normalized spacial score (nSPS) is 17.1. The number of carbonyl (C=O) groups is 1. The number of benzene rings is 1. The van der Waals surface area contributed by atoms with E-state index in [1.54, 1.807) is 12.1 Å². The Morgan fingerprint density at radius 2 is 2.16 bits per heavy atom. The topological polar surface area (TPSA) is 82.8 Å². The average Bonchev–Trinajstić information content (AvgIpc) is 2.71. The molecule has 6 nitrogen and oxygen atoms in total. The van der Waals surface area contributed by atoms with Gasteiger partial charge in [-0.1, -0.05) is 0 Å². The van der Waals surface area contributed by atoms with Gasteiger partial charge in [0.05, 0.1) is 32.5 Å². The molecular weight excluding hydrogens is 248 g/mol. The molecule has 0 aromatic heterocycles. The van der Waals surface area contributed by atoms with Gasteiger partial charge in [-0.2, -0.15) is 5.26 Å². The molecule has 100 valence electrons. The maximum atomic E-state index is 12.2. The summed E-state index contributed by atoms with van der Waals surface area (Å²) in [4.78, 5) is 13.6. The van der Waals surface area contributed by atoms with Gasteiger partial charge in [0.15, 0.2) is 0 Å². The van der Waals surface area contributed by atoms with Gasteiger partial charge in [-0.05, 0) is 6.07 Å². The third-order valence-electron chi connectivity index (χ3n) is 3.11. The van der Waals surface area contributed by atoms with Crippen LogP contribution in [-0.2, 0) is 0 Å². The van der Waals surface area contributed by atoms with Gasteiger partial charge < -0.3 is 19.5 Å². The van der Waals surface area contributed by atoms with Crippen LogP contribution in [0.5, 0.6) is 11.5 Å². The van der Waals surface area contributed by atoms with Gasteiger partial charge in [0.2, 0.25) is 0 Å². The summed E-state index contributed by atoms with van der Waals surface area (Å²) < 4.78 is 10.3. The van der Waals surface area contributed by atoms with Crippen molar-refractivity contribution in [2.75, 3.05) is 27.4 Å². The summed E-state index contributed by atoms with van der Waals surface area (Å²) in [7, 11) is 2.97. The van der Waals surface area contributed by atoms with Gasteiger partial charge in [-0.25, -0.2) is 0 Å². The fraction of sp³-hybridized carbons (Fsp3) is 0.385. The molecule has 1 amide bonds. The van der Waals surface area contributed by atoms with Crippen LogP contribution in [-0.4, -0.2) is 43.3 Å². The Labute approximate surface area is 110 Å². The number of fused-ring (bicyclic) bond motifs is 1. The minimum Gasteiger partial charge on any atom is -0.497 e. The van der Waals surface area contributed by atoms with Gasteiger partial charge >= 0.3 is 0 Å². The first-order valence-electron chi connectivity index (χ1n) is 5.75. The molecule has 1 aliphatic rings. The number of methoxy groups -OCH3 is 2. The molecule has 0 saturated heterocycles. The van der Waals surface area contributed by atoms with Crippen LogP contribution in [0.4, 0.5) is 0 Å². The Balaban J connectivity index is 2.59. The summed E-state index contributed by atoms with van der Waals surface area (Å²) in [6, 6.07) is 4.55. The minimum absolute atomic E-state index is 0.108. The van der Waals surface area contributed by atoms with Gasteiger partial charge in [-0.3, -0.25) is 4.79 Å². The van der Waals surface area contributed by atoms with Crippen LogP contribution in [0, 0.1) is 11.3 Å². The molecule has 0 aliphatic carbocycles. The van der Waals surface area contributed by atoms with Gasteiger partial charge in [0.25, 0.3) is 5.91 Å². The number of rotatable bonds is 4. The smallest absolute Gasteiger partial charge is 0.255 e. The third-order valence-corrected chi connectivity index (χ3v) is 3.11. The van der Waals surface area contributed by atoms with Crippen molar-refractivity contribution in [3.8, 4) is 17.6 Å². The summed E-state index contributed by atoms with van der Waals surface area (Å²) in [6.45, 7) is -0.0887. The van der Waals surface area contributed by atoms with Crippen molar-refractivity contribution in [3.63, 3.8) is 0 Å². The zero-order valence-electron chi connectivity index (χ0n) is 10.7. The monoisotopic (exact) mass is 262 g/mol. The molecule has 1 aromatic carbocycles. The van der Waals surface area contributed by atoms with Gasteiger partial charge in [-0.15, -0.1) is 0 Å².